The number of hydrogen-bond donors (Lipinski definition) is 0. The molecule has 5 heterocycles. The Morgan fingerprint density at radius 1 is 1.20 bits per heavy atom. The molecule has 2 atom stereocenters. The van der Waals surface area contributed by atoms with Gasteiger partial charge in [-0.3, -0.25) is 4.90 Å². The number of fused-ring (bicyclic) bond motifs is 2. The van der Waals surface area contributed by atoms with Gasteiger partial charge in [0.15, 0.2) is 5.82 Å². The fourth-order valence-electron chi connectivity index (χ4n) is 3.99. The van der Waals surface area contributed by atoms with E-state index in [9.17, 15) is 0 Å². The Balaban J connectivity index is 1.25. The van der Waals surface area contributed by atoms with E-state index in [1.165, 1.54) is 25.0 Å². The first-order valence-corrected chi connectivity index (χ1v) is 9.32. The van der Waals surface area contributed by atoms with Crippen molar-refractivity contribution in [2.45, 2.75) is 63.6 Å². The maximum absolute atomic E-state index is 5.42. The number of hydrogen-bond acceptors (Lipinski definition) is 7. The number of aromatic nitrogens is 4. The van der Waals surface area contributed by atoms with Crippen LogP contribution in [0.3, 0.4) is 0 Å². The highest BCUT2D eigenvalue weighted by atomic mass is 16.5. The Labute approximate surface area is 147 Å². The molecule has 4 aliphatic rings. The summed E-state index contributed by atoms with van der Waals surface area (Å²) in [6.07, 6.45) is 5.53. The summed E-state index contributed by atoms with van der Waals surface area (Å²) in [6.45, 7) is 6.97. The van der Waals surface area contributed by atoms with Crippen LogP contribution < -0.4 is 4.90 Å². The second kappa shape index (κ2) is 5.76. The maximum atomic E-state index is 5.42. The molecule has 132 valence electrons. The lowest BCUT2D eigenvalue weighted by Gasteiger charge is -2.56. The molecule has 0 amide bonds. The van der Waals surface area contributed by atoms with Gasteiger partial charge in [-0.2, -0.15) is 4.98 Å². The quantitative estimate of drug-likeness (QED) is 0.827. The van der Waals surface area contributed by atoms with E-state index in [0.717, 1.165) is 37.2 Å². The summed E-state index contributed by atoms with van der Waals surface area (Å²) in [4.78, 5) is 18.4. The fraction of sp³-hybridized carbons (Fsp3) is 0.667. The van der Waals surface area contributed by atoms with Crippen LogP contribution in [-0.4, -0.2) is 50.2 Å². The molecule has 3 aliphatic heterocycles. The lowest BCUT2D eigenvalue weighted by atomic mass is 9.87. The van der Waals surface area contributed by atoms with E-state index in [-0.39, 0.29) is 0 Å². The average molecular weight is 340 g/mol. The number of piperidine rings is 1. The monoisotopic (exact) mass is 340 g/mol. The molecule has 2 bridgehead atoms. The Kier molecular flexibility index (Phi) is 3.51. The van der Waals surface area contributed by atoms with Crippen molar-refractivity contribution >= 4 is 5.82 Å². The van der Waals surface area contributed by atoms with Crippen molar-refractivity contribution in [1.29, 1.82) is 0 Å². The van der Waals surface area contributed by atoms with E-state index in [0.29, 0.717) is 23.9 Å². The highest BCUT2D eigenvalue weighted by molar-refractivity contribution is 5.43. The van der Waals surface area contributed by atoms with E-state index in [1.54, 1.807) is 6.33 Å². The first-order valence-electron chi connectivity index (χ1n) is 9.32. The first-order chi connectivity index (χ1) is 12.2. The van der Waals surface area contributed by atoms with Gasteiger partial charge in [-0.1, -0.05) is 19.0 Å². The van der Waals surface area contributed by atoms with Crippen LogP contribution in [0.25, 0.3) is 0 Å². The van der Waals surface area contributed by atoms with E-state index >= 15 is 0 Å². The van der Waals surface area contributed by atoms with E-state index in [1.807, 2.05) is 0 Å². The minimum Gasteiger partial charge on any atom is -0.353 e. The van der Waals surface area contributed by atoms with Crippen LogP contribution in [0, 0.1) is 0 Å². The third kappa shape index (κ3) is 2.80. The molecule has 0 N–H and O–H groups in total. The van der Waals surface area contributed by atoms with Crippen LogP contribution in [0.2, 0.25) is 0 Å². The van der Waals surface area contributed by atoms with Crippen molar-refractivity contribution < 1.29 is 4.52 Å². The summed E-state index contributed by atoms with van der Waals surface area (Å²) in [5.74, 6) is 3.61. The van der Waals surface area contributed by atoms with E-state index in [4.69, 9.17) is 4.52 Å². The summed E-state index contributed by atoms with van der Waals surface area (Å²) in [5.41, 5.74) is 1.22. The van der Waals surface area contributed by atoms with Crippen LogP contribution >= 0.6 is 0 Å². The molecule has 1 saturated carbocycles. The van der Waals surface area contributed by atoms with Gasteiger partial charge in [0.1, 0.15) is 12.1 Å². The molecule has 2 unspecified atom stereocenters. The SMILES string of the molecule is CC(C)c1noc(CN2C3CC2CN(c2cc(C4CC4)ncn2)C3)n1. The Bertz CT molecular complexity index is 758. The van der Waals surface area contributed by atoms with Gasteiger partial charge in [0.2, 0.25) is 5.89 Å². The predicted octanol–water partition coefficient (Wildman–Crippen LogP) is 2.32. The predicted molar refractivity (Wildman–Crippen MR) is 92.3 cm³/mol. The van der Waals surface area contributed by atoms with Gasteiger partial charge < -0.3 is 9.42 Å². The summed E-state index contributed by atoms with van der Waals surface area (Å²) < 4.78 is 5.42. The third-order valence-corrected chi connectivity index (χ3v) is 5.66. The minimum absolute atomic E-state index is 0.308. The molecule has 2 aromatic rings. The lowest BCUT2D eigenvalue weighted by molar-refractivity contribution is -0.0162. The van der Waals surface area contributed by atoms with Gasteiger partial charge in [0, 0.05) is 48.8 Å². The summed E-state index contributed by atoms with van der Waals surface area (Å²) in [6, 6.07) is 3.29. The zero-order valence-electron chi connectivity index (χ0n) is 14.8. The molecule has 4 fully saturated rings. The Hall–Kier alpha value is -2.02. The third-order valence-electron chi connectivity index (χ3n) is 5.66. The fourth-order valence-corrected chi connectivity index (χ4v) is 3.99. The standard InChI is InChI=1S/C18H24N6O/c1-11(2)18-21-17(25-22-18)9-24-13-5-14(24)8-23(7-13)16-6-15(12-3-4-12)19-10-20-16/h6,10-14H,3-5,7-9H2,1-2H3. The molecule has 25 heavy (non-hydrogen) atoms. The van der Waals surface area contributed by atoms with Crippen LogP contribution in [0.1, 0.15) is 62.4 Å². The summed E-state index contributed by atoms with van der Waals surface area (Å²) in [7, 11) is 0. The summed E-state index contributed by atoms with van der Waals surface area (Å²) in [5, 5.41) is 4.08. The normalized spacial score (nSPS) is 26.1. The maximum Gasteiger partial charge on any atom is 0.240 e. The molecule has 6 rings (SSSR count). The van der Waals surface area contributed by atoms with Crippen LogP contribution in [0.4, 0.5) is 5.82 Å². The highest BCUT2D eigenvalue weighted by Gasteiger charge is 2.45. The van der Waals surface area contributed by atoms with Crippen molar-refractivity contribution in [1.82, 2.24) is 25.0 Å². The van der Waals surface area contributed by atoms with Gasteiger partial charge in [-0.05, 0) is 19.3 Å². The van der Waals surface area contributed by atoms with Crippen LogP contribution in [0.5, 0.6) is 0 Å². The van der Waals surface area contributed by atoms with E-state index < -0.39 is 0 Å². The number of anilines is 1. The van der Waals surface area contributed by atoms with Crippen molar-refractivity contribution in [2.75, 3.05) is 18.0 Å². The highest BCUT2D eigenvalue weighted by Crippen LogP contribution is 2.40. The zero-order chi connectivity index (χ0) is 17.0. The van der Waals surface area contributed by atoms with Gasteiger partial charge in [-0.15, -0.1) is 0 Å². The molecule has 0 radical (unpaired) electrons. The molecular weight excluding hydrogens is 316 g/mol. The number of nitrogens with zero attached hydrogens (tertiary/aromatic N) is 6. The average Bonchev–Trinajstić information content (AvgIpc) is 3.38. The molecule has 3 saturated heterocycles. The van der Waals surface area contributed by atoms with Gasteiger partial charge in [0.05, 0.1) is 6.54 Å². The van der Waals surface area contributed by atoms with E-state index in [2.05, 4.69) is 49.8 Å². The van der Waals surface area contributed by atoms with Crippen LogP contribution in [-0.2, 0) is 6.54 Å². The molecule has 0 aromatic carbocycles. The lowest BCUT2D eigenvalue weighted by Crippen LogP contribution is -2.68. The van der Waals surface area contributed by atoms with Crippen molar-refractivity contribution in [3.8, 4) is 0 Å². The van der Waals surface area contributed by atoms with Crippen molar-refractivity contribution in [3.05, 3.63) is 29.8 Å². The minimum atomic E-state index is 0.308. The number of piperazine rings is 1. The molecule has 2 aromatic heterocycles. The Morgan fingerprint density at radius 3 is 2.68 bits per heavy atom. The molecular formula is C18H24N6O. The van der Waals surface area contributed by atoms with Gasteiger partial charge >= 0.3 is 0 Å². The Morgan fingerprint density at radius 2 is 2.00 bits per heavy atom. The second-order valence-corrected chi connectivity index (χ2v) is 7.90. The van der Waals surface area contributed by atoms with Crippen LogP contribution in [0.15, 0.2) is 16.9 Å². The zero-order valence-corrected chi connectivity index (χ0v) is 14.8. The molecule has 7 nitrogen and oxygen atoms in total. The number of rotatable bonds is 5. The van der Waals surface area contributed by atoms with Gasteiger partial charge in [0.25, 0.3) is 0 Å². The molecule has 7 heteroatoms. The molecule has 1 aliphatic carbocycles. The first kappa shape index (κ1) is 15.3. The smallest absolute Gasteiger partial charge is 0.240 e. The summed E-state index contributed by atoms with van der Waals surface area (Å²) >= 11 is 0. The molecule has 0 spiro atoms. The topological polar surface area (TPSA) is 71.2 Å². The van der Waals surface area contributed by atoms with Crippen molar-refractivity contribution in [2.24, 2.45) is 0 Å². The largest absolute Gasteiger partial charge is 0.353 e. The van der Waals surface area contributed by atoms with Crippen molar-refractivity contribution in [3.63, 3.8) is 0 Å². The van der Waals surface area contributed by atoms with Gasteiger partial charge in [-0.25, -0.2) is 9.97 Å². The second-order valence-electron chi connectivity index (χ2n) is 7.90.